The van der Waals surface area contributed by atoms with Gasteiger partial charge >= 0.3 is 5.97 Å². The van der Waals surface area contributed by atoms with E-state index in [1.807, 2.05) is 6.07 Å². The van der Waals surface area contributed by atoms with Gasteiger partial charge in [0, 0.05) is 11.3 Å². The molecule has 0 fully saturated rings. The van der Waals surface area contributed by atoms with Crippen LogP contribution in [-0.2, 0) is 14.3 Å². The number of nitrogens with one attached hydrogen (secondary N) is 2. The van der Waals surface area contributed by atoms with E-state index >= 15 is 0 Å². The second-order valence-corrected chi connectivity index (χ2v) is 6.72. The molecule has 7 heteroatoms. The van der Waals surface area contributed by atoms with Crippen molar-refractivity contribution in [3.8, 4) is 0 Å². The Hall–Kier alpha value is -4.00. The molecule has 0 saturated carbocycles. The Bertz CT molecular complexity index is 1020. The van der Waals surface area contributed by atoms with E-state index in [1.54, 1.807) is 54.6 Å². The average Bonchev–Trinajstić information content (AvgIpc) is 2.80. The van der Waals surface area contributed by atoms with E-state index in [2.05, 4.69) is 10.6 Å². The van der Waals surface area contributed by atoms with Gasteiger partial charge < -0.3 is 15.4 Å². The molecule has 3 aromatic carbocycles. The van der Waals surface area contributed by atoms with Crippen LogP contribution in [0.3, 0.4) is 0 Å². The van der Waals surface area contributed by atoms with Crippen LogP contribution in [-0.4, -0.2) is 24.4 Å². The lowest BCUT2D eigenvalue weighted by Gasteiger charge is -2.19. The molecule has 0 bridgehead atoms. The highest BCUT2D eigenvalue weighted by Crippen LogP contribution is 2.18. The molecule has 158 valence electrons. The zero-order valence-electron chi connectivity index (χ0n) is 16.6. The smallest absolute Gasteiger partial charge is 0.308 e. The normalized spacial score (nSPS) is 11.3. The number of ether oxygens (including phenoxy) is 1. The van der Waals surface area contributed by atoms with Crippen molar-refractivity contribution in [2.75, 3.05) is 11.9 Å². The lowest BCUT2D eigenvalue weighted by Crippen LogP contribution is -2.31. The van der Waals surface area contributed by atoms with Crippen molar-refractivity contribution in [2.24, 2.45) is 0 Å². The number of anilines is 1. The fraction of sp³-hybridized carbons (Fsp3) is 0.125. The summed E-state index contributed by atoms with van der Waals surface area (Å²) in [7, 11) is 0. The van der Waals surface area contributed by atoms with Gasteiger partial charge in [0.1, 0.15) is 5.82 Å². The van der Waals surface area contributed by atoms with Crippen molar-refractivity contribution in [3.05, 3.63) is 102 Å². The number of rotatable bonds is 8. The molecule has 2 N–H and O–H groups in total. The molecule has 1 unspecified atom stereocenters. The van der Waals surface area contributed by atoms with Gasteiger partial charge in [-0.2, -0.15) is 0 Å². The molecule has 2 amide bonds. The van der Waals surface area contributed by atoms with Crippen molar-refractivity contribution in [1.29, 1.82) is 0 Å². The van der Waals surface area contributed by atoms with Crippen molar-refractivity contribution in [2.45, 2.75) is 12.5 Å². The molecule has 0 aliphatic heterocycles. The largest absolute Gasteiger partial charge is 0.455 e. The van der Waals surface area contributed by atoms with Crippen LogP contribution >= 0.6 is 0 Å². The molecule has 0 aliphatic rings. The zero-order chi connectivity index (χ0) is 22.1. The molecule has 3 rings (SSSR count). The second kappa shape index (κ2) is 10.7. The molecular weight excluding hydrogens is 399 g/mol. The van der Waals surface area contributed by atoms with E-state index in [0.717, 1.165) is 5.56 Å². The number of hydrogen-bond acceptors (Lipinski definition) is 4. The first-order valence-electron chi connectivity index (χ1n) is 9.63. The highest BCUT2D eigenvalue weighted by atomic mass is 19.1. The van der Waals surface area contributed by atoms with Crippen molar-refractivity contribution < 1.29 is 23.5 Å². The fourth-order valence-electron chi connectivity index (χ4n) is 2.87. The lowest BCUT2D eigenvalue weighted by molar-refractivity contribution is -0.147. The Morgan fingerprint density at radius 3 is 2.10 bits per heavy atom. The van der Waals surface area contributed by atoms with E-state index in [-0.39, 0.29) is 12.3 Å². The number of carbonyl (C=O) groups excluding carboxylic acids is 3. The third-order valence-corrected chi connectivity index (χ3v) is 4.41. The van der Waals surface area contributed by atoms with Gasteiger partial charge in [-0.05, 0) is 42.0 Å². The molecule has 0 radical (unpaired) electrons. The highest BCUT2D eigenvalue weighted by molar-refractivity contribution is 5.95. The summed E-state index contributed by atoms with van der Waals surface area (Å²) in [5.74, 6) is -1.94. The summed E-state index contributed by atoms with van der Waals surface area (Å²) in [5.41, 5.74) is 1.59. The number of esters is 1. The van der Waals surface area contributed by atoms with E-state index in [4.69, 9.17) is 4.74 Å². The van der Waals surface area contributed by atoms with Crippen molar-refractivity contribution in [1.82, 2.24) is 5.32 Å². The van der Waals surface area contributed by atoms with Crippen molar-refractivity contribution >= 4 is 23.5 Å². The molecule has 0 saturated heterocycles. The first kappa shape index (κ1) is 21.7. The van der Waals surface area contributed by atoms with E-state index in [9.17, 15) is 18.8 Å². The number of carbonyl (C=O) groups is 3. The minimum absolute atomic E-state index is 0.146. The maximum Gasteiger partial charge on any atom is 0.308 e. The number of halogens is 1. The van der Waals surface area contributed by atoms with Crippen LogP contribution in [0.4, 0.5) is 10.1 Å². The predicted octanol–water partition coefficient (Wildman–Crippen LogP) is 3.87. The van der Waals surface area contributed by atoms with Gasteiger partial charge in [-0.15, -0.1) is 0 Å². The number of amides is 2. The van der Waals surface area contributed by atoms with Gasteiger partial charge in [-0.3, -0.25) is 14.4 Å². The first-order valence-corrected chi connectivity index (χ1v) is 9.63. The average molecular weight is 420 g/mol. The van der Waals surface area contributed by atoms with E-state index < -0.39 is 30.3 Å². The zero-order valence-corrected chi connectivity index (χ0v) is 16.6. The number of hydrogen-bond donors (Lipinski definition) is 2. The van der Waals surface area contributed by atoms with Crippen LogP contribution in [0.2, 0.25) is 0 Å². The summed E-state index contributed by atoms with van der Waals surface area (Å²) in [6.07, 6.45) is -0.146. The molecule has 0 heterocycles. The van der Waals surface area contributed by atoms with Gasteiger partial charge in [0.15, 0.2) is 6.61 Å². The van der Waals surface area contributed by atoms with Gasteiger partial charge in [0.25, 0.3) is 11.8 Å². The first-order chi connectivity index (χ1) is 15.0. The van der Waals surface area contributed by atoms with Crippen LogP contribution in [0.5, 0.6) is 0 Å². The molecule has 1 atom stereocenters. The molecular formula is C24H21FN2O4. The monoisotopic (exact) mass is 420 g/mol. The number of benzene rings is 3. The van der Waals surface area contributed by atoms with Crippen molar-refractivity contribution in [3.63, 3.8) is 0 Å². The van der Waals surface area contributed by atoms with Crippen LogP contribution in [0.15, 0.2) is 84.9 Å². The van der Waals surface area contributed by atoms with Gasteiger partial charge in [0.2, 0.25) is 0 Å². The van der Waals surface area contributed by atoms with Gasteiger partial charge in [-0.1, -0.05) is 48.5 Å². The quantitative estimate of drug-likeness (QED) is 0.542. The standard InChI is InChI=1S/C24H21FN2O4/c25-19-11-13-20(14-12-19)26-22(28)16-31-23(29)15-21(17-7-3-1-4-8-17)27-24(30)18-9-5-2-6-10-18/h1-14,21H,15-16H2,(H,26,28)(H,27,30). The van der Waals surface area contributed by atoms with E-state index in [0.29, 0.717) is 11.3 Å². The van der Waals surface area contributed by atoms with Crippen LogP contribution in [0, 0.1) is 5.82 Å². The maximum absolute atomic E-state index is 12.9. The molecule has 0 aromatic heterocycles. The highest BCUT2D eigenvalue weighted by Gasteiger charge is 2.20. The second-order valence-electron chi connectivity index (χ2n) is 6.72. The van der Waals surface area contributed by atoms with Crippen LogP contribution < -0.4 is 10.6 Å². The van der Waals surface area contributed by atoms with Crippen LogP contribution in [0.1, 0.15) is 28.4 Å². The SMILES string of the molecule is O=C(COC(=O)CC(NC(=O)c1ccccc1)c1ccccc1)Nc1ccc(F)cc1. The predicted molar refractivity (Wildman–Crippen MR) is 114 cm³/mol. The Kier molecular flexibility index (Phi) is 7.48. The third-order valence-electron chi connectivity index (χ3n) is 4.41. The summed E-state index contributed by atoms with van der Waals surface area (Å²) < 4.78 is 18.0. The summed E-state index contributed by atoms with van der Waals surface area (Å²) in [4.78, 5) is 36.9. The summed E-state index contributed by atoms with van der Waals surface area (Å²) in [6.45, 7) is -0.496. The molecule has 3 aromatic rings. The topological polar surface area (TPSA) is 84.5 Å². The van der Waals surface area contributed by atoms with Gasteiger partial charge in [-0.25, -0.2) is 4.39 Å². The Morgan fingerprint density at radius 1 is 0.839 bits per heavy atom. The Labute approximate surface area is 179 Å². The Morgan fingerprint density at radius 2 is 1.45 bits per heavy atom. The summed E-state index contributed by atoms with van der Waals surface area (Å²) in [6, 6.07) is 22.3. The minimum Gasteiger partial charge on any atom is -0.455 e. The minimum atomic E-state index is -0.642. The summed E-state index contributed by atoms with van der Waals surface area (Å²) >= 11 is 0. The third kappa shape index (κ3) is 6.78. The maximum atomic E-state index is 12.9. The summed E-state index contributed by atoms with van der Waals surface area (Å²) in [5, 5.41) is 5.35. The Balaban J connectivity index is 1.58. The lowest BCUT2D eigenvalue weighted by atomic mass is 10.0. The van der Waals surface area contributed by atoms with Gasteiger partial charge in [0.05, 0.1) is 12.5 Å². The van der Waals surface area contributed by atoms with Crippen LogP contribution in [0.25, 0.3) is 0 Å². The molecule has 0 aliphatic carbocycles. The van der Waals surface area contributed by atoms with E-state index in [1.165, 1.54) is 24.3 Å². The molecule has 31 heavy (non-hydrogen) atoms. The molecule has 6 nitrogen and oxygen atoms in total. The molecule has 0 spiro atoms. The fourth-order valence-corrected chi connectivity index (χ4v) is 2.87.